The fourth-order valence-electron chi connectivity index (χ4n) is 2.14. The first-order valence-electron chi connectivity index (χ1n) is 6.05. The van der Waals surface area contributed by atoms with E-state index in [1.54, 1.807) is 0 Å². The van der Waals surface area contributed by atoms with Crippen LogP contribution in [-0.2, 0) is 0 Å². The molecule has 0 aromatic rings. The van der Waals surface area contributed by atoms with Gasteiger partial charge in [0.15, 0.2) is 5.96 Å². The van der Waals surface area contributed by atoms with Gasteiger partial charge in [-0.05, 0) is 17.8 Å². The maximum Gasteiger partial charge on any atom is 0.195 e. The van der Waals surface area contributed by atoms with Crippen molar-refractivity contribution in [2.75, 3.05) is 34.7 Å². The Labute approximate surface area is 102 Å². The summed E-state index contributed by atoms with van der Waals surface area (Å²) < 4.78 is 0. The average Bonchev–Trinajstić information content (AvgIpc) is 1.99. The second kappa shape index (κ2) is 6.12. The zero-order chi connectivity index (χ0) is 12.9. The van der Waals surface area contributed by atoms with Crippen LogP contribution >= 0.6 is 0 Å². The Bertz CT molecular complexity index is 217. The molecule has 0 rings (SSSR count). The van der Waals surface area contributed by atoms with E-state index in [0.29, 0.717) is 0 Å². The minimum Gasteiger partial charge on any atom is -0.349 e. The van der Waals surface area contributed by atoms with Gasteiger partial charge >= 0.3 is 0 Å². The van der Waals surface area contributed by atoms with Crippen LogP contribution in [0, 0.1) is 11.3 Å². The minimum atomic E-state index is 0.283. The molecular formula is C13H29N3. The Morgan fingerprint density at radius 3 is 1.81 bits per heavy atom. The third-order valence-electron chi connectivity index (χ3n) is 2.41. The molecule has 0 aromatic carbocycles. The largest absolute Gasteiger partial charge is 0.349 e. The maximum atomic E-state index is 4.72. The number of guanidine groups is 1. The molecule has 0 saturated carbocycles. The van der Waals surface area contributed by atoms with Gasteiger partial charge in [0.1, 0.15) is 0 Å². The third-order valence-corrected chi connectivity index (χ3v) is 2.41. The van der Waals surface area contributed by atoms with Gasteiger partial charge in [-0.25, -0.2) is 0 Å². The van der Waals surface area contributed by atoms with E-state index in [-0.39, 0.29) is 5.41 Å². The molecule has 0 N–H and O–H groups in total. The third kappa shape index (κ3) is 5.99. The number of aliphatic imine (C=N–C) groups is 1. The first kappa shape index (κ1) is 15.3. The quantitative estimate of drug-likeness (QED) is 0.543. The van der Waals surface area contributed by atoms with Crippen molar-refractivity contribution in [3.8, 4) is 0 Å². The summed E-state index contributed by atoms with van der Waals surface area (Å²) in [4.78, 5) is 8.84. The summed E-state index contributed by atoms with van der Waals surface area (Å²) in [5.74, 6) is 1.77. The van der Waals surface area contributed by atoms with Gasteiger partial charge in [-0.3, -0.25) is 4.99 Å². The van der Waals surface area contributed by atoms with Crippen molar-refractivity contribution in [1.29, 1.82) is 0 Å². The molecule has 0 unspecified atom stereocenters. The van der Waals surface area contributed by atoms with Crippen molar-refractivity contribution in [3.05, 3.63) is 0 Å². The maximum absolute atomic E-state index is 4.72. The molecule has 0 bridgehead atoms. The molecular weight excluding hydrogens is 198 g/mol. The van der Waals surface area contributed by atoms with E-state index in [9.17, 15) is 0 Å². The summed E-state index contributed by atoms with van der Waals surface area (Å²) in [7, 11) is 8.14. The Morgan fingerprint density at radius 2 is 1.50 bits per heavy atom. The van der Waals surface area contributed by atoms with Gasteiger partial charge in [0.2, 0.25) is 0 Å². The molecule has 0 aliphatic rings. The van der Waals surface area contributed by atoms with Crippen LogP contribution in [0.4, 0.5) is 0 Å². The van der Waals surface area contributed by atoms with Gasteiger partial charge in [0.25, 0.3) is 0 Å². The second-order valence-corrected chi connectivity index (χ2v) is 6.17. The van der Waals surface area contributed by atoms with E-state index in [2.05, 4.69) is 37.5 Å². The normalized spacial score (nSPS) is 11.6. The average molecular weight is 227 g/mol. The summed E-state index contributed by atoms with van der Waals surface area (Å²) in [5, 5.41) is 0. The highest BCUT2D eigenvalue weighted by molar-refractivity contribution is 5.79. The SMILES string of the molecule is CC(C)CC(C)(C)CN=C(N(C)C)N(C)C. The van der Waals surface area contributed by atoms with E-state index in [0.717, 1.165) is 18.4 Å². The zero-order valence-electron chi connectivity index (χ0n) is 12.3. The summed E-state index contributed by atoms with van der Waals surface area (Å²) in [5.41, 5.74) is 0.283. The molecule has 0 aliphatic carbocycles. The highest BCUT2D eigenvalue weighted by Gasteiger charge is 2.19. The molecule has 0 spiro atoms. The lowest BCUT2D eigenvalue weighted by Gasteiger charge is -2.28. The number of rotatable bonds is 4. The summed E-state index contributed by atoms with van der Waals surface area (Å²) >= 11 is 0. The fourth-order valence-corrected chi connectivity index (χ4v) is 2.14. The van der Waals surface area contributed by atoms with Gasteiger partial charge in [0.05, 0.1) is 0 Å². The van der Waals surface area contributed by atoms with Crippen LogP contribution in [0.25, 0.3) is 0 Å². The topological polar surface area (TPSA) is 18.8 Å². The second-order valence-electron chi connectivity index (χ2n) is 6.17. The molecule has 0 heterocycles. The summed E-state index contributed by atoms with van der Waals surface area (Å²) in [6.07, 6.45) is 1.21. The van der Waals surface area contributed by atoms with Crippen molar-refractivity contribution >= 4 is 5.96 Å². The molecule has 0 atom stereocenters. The Hall–Kier alpha value is -0.730. The van der Waals surface area contributed by atoms with Crippen LogP contribution in [-0.4, -0.2) is 50.5 Å². The minimum absolute atomic E-state index is 0.283. The van der Waals surface area contributed by atoms with Gasteiger partial charge in [-0.2, -0.15) is 0 Å². The van der Waals surface area contributed by atoms with Crippen molar-refractivity contribution in [2.45, 2.75) is 34.1 Å². The van der Waals surface area contributed by atoms with E-state index in [1.807, 2.05) is 28.2 Å². The predicted molar refractivity (Wildman–Crippen MR) is 72.9 cm³/mol. The molecule has 0 aliphatic heterocycles. The number of hydrogen-bond acceptors (Lipinski definition) is 1. The first-order valence-corrected chi connectivity index (χ1v) is 6.05. The smallest absolute Gasteiger partial charge is 0.195 e. The van der Waals surface area contributed by atoms with Crippen LogP contribution in [0.5, 0.6) is 0 Å². The van der Waals surface area contributed by atoms with Gasteiger partial charge in [-0.15, -0.1) is 0 Å². The van der Waals surface area contributed by atoms with Crippen LogP contribution < -0.4 is 0 Å². The van der Waals surface area contributed by atoms with Crippen molar-refractivity contribution < 1.29 is 0 Å². The van der Waals surface area contributed by atoms with E-state index >= 15 is 0 Å². The van der Waals surface area contributed by atoms with Crippen LogP contribution in [0.1, 0.15) is 34.1 Å². The lowest BCUT2D eigenvalue weighted by atomic mass is 9.84. The summed E-state index contributed by atoms with van der Waals surface area (Å²) in [6, 6.07) is 0. The molecule has 0 amide bonds. The molecule has 3 heteroatoms. The van der Waals surface area contributed by atoms with Crippen LogP contribution in [0.2, 0.25) is 0 Å². The Morgan fingerprint density at radius 1 is 1.06 bits per heavy atom. The molecule has 96 valence electrons. The molecule has 0 fully saturated rings. The van der Waals surface area contributed by atoms with E-state index in [1.165, 1.54) is 6.42 Å². The van der Waals surface area contributed by atoms with Crippen LogP contribution in [0.3, 0.4) is 0 Å². The predicted octanol–water partition coefficient (Wildman–Crippen LogP) is 2.54. The molecule has 0 saturated heterocycles. The molecule has 16 heavy (non-hydrogen) atoms. The lowest BCUT2D eigenvalue weighted by Crippen LogP contribution is -2.36. The van der Waals surface area contributed by atoms with Gasteiger partial charge < -0.3 is 9.80 Å². The van der Waals surface area contributed by atoms with Gasteiger partial charge in [-0.1, -0.05) is 27.7 Å². The zero-order valence-corrected chi connectivity index (χ0v) is 12.3. The van der Waals surface area contributed by atoms with Gasteiger partial charge in [0, 0.05) is 34.7 Å². The Kier molecular flexibility index (Phi) is 5.84. The first-order chi connectivity index (χ1) is 7.15. The van der Waals surface area contributed by atoms with E-state index < -0.39 is 0 Å². The molecule has 0 radical (unpaired) electrons. The number of hydrogen-bond donors (Lipinski definition) is 0. The van der Waals surface area contributed by atoms with Crippen molar-refractivity contribution in [3.63, 3.8) is 0 Å². The lowest BCUT2D eigenvalue weighted by molar-refractivity contribution is 0.295. The monoisotopic (exact) mass is 227 g/mol. The summed E-state index contributed by atoms with van der Waals surface area (Å²) in [6.45, 7) is 10.0. The molecule has 3 nitrogen and oxygen atoms in total. The molecule has 0 aromatic heterocycles. The Balaban J connectivity index is 4.53. The highest BCUT2D eigenvalue weighted by Crippen LogP contribution is 2.25. The number of nitrogens with zero attached hydrogens (tertiary/aromatic N) is 3. The van der Waals surface area contributed by atoms with E-state index in [4.69, 9.17) is 4.99 Å². The van der Waals surface area contributed by atoms with Crippen molar-refractivity contribution in [1.82, 2.24) is 9.80 Å². The highest BCUT2D eigenvalue weighted by atomic mass is 15.3. The van der Waals surface area contributed by atoms with Crippen LogP contribution in [0.15, 0.2) is 4.99 Å². The fraction of sp³-hybridized carbons (Fsp3) is 0.923. The van der Waals surface area contributed by atoms with Crippen molar-refractivity contribution in [2.24, 2.45) is 16.3 Å². The standard InChI is InChI=1S/C13H29N3/c1-11(2)9-13(3,4)10-14-12(15(5)6)16(7)8/h11H,9-10H2,1-8H3.